The standard InChI is InChI=1S/C22H22BrN5O2/c1-12-6-5-7-17(13(12)2)27-21(29)19-14(3)26-22-24-11-25-28(22)20(19)16-10-15(23)8-9-18(16)30-4/h5-11,20H,1-4H3,(H,27,29)(H,24,25,26). The van der Waals surface area contributed by atoms with Crippen molar-refractivity contribution in [3.8, 4) is 5.75 Å². The monoisotopic (exact) mass is 467 g/mol. The first-order valence-electron chi connectivity index (χ1n) is 9.49. The summed E-state index contributed by atoms with van der Waals surface area (Å²) < 4.78 is 8.19. The summed E-state index contributed by atoms with van der Waals surface area (Å²) >= 11 is 3.53. The fourth-order valence-corrected chi connectivity index (χ4v) is 4.05. The minimum atomic E-state index is -0.499. The largest absolute Gasteiger partial charge is 0.496 e. The van der Waals surface area contributed by atoms with Crippen LogP contribution in [0, 0.1) is 13.8 Å². The molecule has 0 aliphatic carbocycles. The van der Waals surface area contributed by atoms with Crippen LogP contribution >= 0.6 is 15.9 Å². The molecule has 30 heavy (non-hydrogen) atoms. The number of anilines is 2. The molecule has 0 spiro atoms. The fourth-order valence-electron chi connectivity index (χ4n) is 3.67. The Labute approximate surface area is 183 Å². The molecule has 8 heteroatoms. The van der Waals surface area contributed by atoms with E-state index in [0.717, 1.165) is 26.9 Å². The van der Waals surface area contributed by atoms with Crippen molar-refractivity contribution in [2.75, 3.05) is 17.7 Å². The summed E-state index contributed by atoms with van der Waals surface area (Å²) in [6.07, 6.45) is 1.47. The molecule has 2 heterocycles. The molecule has 1 atom stereocenters. The summed E-state index contributed by atoms with van der Waals surface area (Å²) in [5.74, 6) is 1.03. The molecule has 154 valence electrons. The number of hydrogen-bond donors (Lipinski definition) is 2. The number of halogens is 1. The van der Waals surface area contributed by atoms with Crippen LogP contribution in [0.15, 0.2) is 58.5 Å². The molecular weight excluding hydrogens is 446 g/mol. The van der Waals surface area contributed by atoms with Crippen molar-refractivity contribution in [2.45, 2.75) is 26.8 Å². The van der Waals surface area contributed by atoms with Gasteiger partial charge in [-0.1, -0.05) is 28.1 Å². The molecule has 0 fully saturated rings. The maximum absolute atomic E-state index is 13.5. The smallest absolute Gasteiger partial charge is 0.255 e. The molecule has 7 nitrogen and oxygen atoms in total. The number of aryl methyl sites for hydroxylation is 1. The van der Waals surface area contributed by atoms with Gasteiger partial charge in [0.1, 0.15) is 18.1 Å². The van der Waals surface area contributed by atoms with Gasteiger partial charge in [0.05, 0.1) is 12.7 Å². The fraction of sp³-hybridized carbons (Fsp3) is 0.227. The van der Waals surface area contributed by atoms with Crippen LogP contribution in [0.2, 0.25) is 0 Å². The quantitative estimate of drug-likeness (QED) is 0.586. The van der Waals surface area contributed by atoms with Crippen LogP contribution in [0.3, 0.4) is 0 Å². The number of hydrogen-bond acceptors (Lipinski definition) is 5. The van der Waals surface area contributed by atoms with E-state index in [1.807, 2.05) is 57.2 Å². The average molecular weight is 468 g/mol. The van der Waals surface area contributed by atoms with E-state index >= 15 is 0 Å². The molecule has 2 aromatic carbocycles. The van der Waals surface area contributed by atoms with Crippen LogP contribution in [0.5, 0.6) is 5.75 Å². The first-order valence-corrected chi connectivity index (χ1v) is 10.3. The van der Waals surface area contributed by atoms with Gasteiger partial charge in [-0.25, -0.2) is 4.68 Å². The number of amides is 1. The zero-order chi connectivity index (χ0) is 21.4. The minimum Gasteiger partial charge on any atom is -0.496 e. The molecule has 0 bridgehead atoms. The molecule has 4 rings (SSSR count). The summed E-state index contributed by atoms with van der Waals surface area (Å²) in [4.78, 5) is 17.8. The number of aromatic nitrogens is 3. The van der Waals surface area contributed by atoms with E-state index in [1.54, 1.807) is 11.8 Å². The molecular formula is C22H22BrN5O2. The van der Waals surface area contributed by atoms with Crippen molar-refractivity contribution in [3.63, 3.8) is 0 Å². The molecule has 1 aliphatic heterocycles. The Morgan fingerprint density at radius 2 is 2.03 bits per heavy atom. The van der Waals surface area contributed by atoms with E-state index < -0.39 is 6.04 Å². The lowest BCUT2D eigenvalue weighted by molar-refractivity contribution is -0.113. The third-order valence-electron chi connectivity index (χ3n) is 5.38. The normalized spacial score (nSPS) is 15.4. The SMILES string of the molecule is COc1ccc(Br)cc1C1C(C(=O)Nc2cccc(C)c2C)=C(C)Nc2ncnn21. The predicted octanol–water partition coefficient (Wildman–Crippen LogP) is 4.59. The second-order valence-corrected chi connectivity index (χ2v) is 8.10. The molecule has 0 saturated carbocycles. The van der Waals surface area contributed by atoms with Gasteiger partial charge in [-0.3, -0.25) is 4.79 Å². The highest BCUT2D eigenvalue weighted by Crippen LogP contribution is 2.40. The van der Waals surface area contributed by atoms with Crippen molar-refractivity contribution < 1.29 is 9.53 Å². The third kappa shape index (κ3) is 3.47. The second-order valence-electron chi connectivity index (χ2n) is 7.18. The molecule has 1 unspecified atom stereocenters. The Morgan fingerprint density at radius 3 is 2.80 bits per heavy atom. The minimum absolute atomic E-state index is 0.207. The maximum Gasteiger partial charge on any atom is 0.255 e. The number of nitrogens with zero attached hydrogens (tertiary/aromatic N) is 3. The Morgan fingerprint density at radius 1 is 1.23 bits per heavy atom. The summed E-state index contributed by atoms with van der Waals surface area (Å²) in [6, 6.07) is 11.1. The Bertz CT molecular complexity index is 1170. The highest BCUT2D eigenvalue weighted by Gasteiger charge is 2.35. The van der Waals surface area contributed by atoms with Gasteiger partial charge in [-0.05, 0) is 56.2 Å². The predicted molar refractivity (Wildman–Crippen MR) is 120 cm³/mol. The van der Waals surface area contributed by atoms with Gasteiger partial charge < -0.3 is 15.4 Å². The Balaban J connectivity index is 1.83. The Kier molecular flexibility index (Phi) is 5.34. The molecule has 1 amide bonds. The van der Waals surface area contributed by atoms with E-state index in [2.05, 4.69) is 36.6 Å². The van der Waals surface area contributed by atoms with Crippen LogP contribution in [0.1, 0.15) is 29.7 Å². The molecule has 2 N–H and O–H groups in total. The van der Waals surface area contributed by atoms with E-state index in [4.69, 9.17) is 4.74 Å². The number of benzene rings is 2. The summed E-state index contributed by atoms with van der Waals surface area (Å²) in [5.41, 5.74) is 5.00. The van der Waals surface area contributed by atoms with Gasteiger partial charge in [0, 0.05) is 21.4 Å². The molecule has 1 aromatic heterocycles. The first kappa shape index (κ1) is 20.2. The van der Waals surface area contributed by atoms with Crippen LogP contribution in [0.25, 0.3) is 0 Å². The summed E-state index contributed by atoms with van der Waals surface area (Å²) in [6.45, 7) is 5.89. The molecule has 1 aliphatic rings. The van der Waals surface area contributed by atoms with Crippen molar-refractivity contribution in [1.29, 1.82) is 0 Å². The van der Waals surface area contributed by atoms with Gasteiger partial charge in [0.15, 0.2) is 0 Å². The van der Waals surface area contributed by atoms with Crippen LogP contribution in [-0.2, 0) is 4.79 Å². The second kappa shape index (κ2) is 7.95. The zero-order valence-electron chi connectivity index (χ0n) is 17.2. The third-order valence-corrected chi connectivity index (χ3v) is 5.87. The number of carbonyl (C=O) groups is 1. The number of carbonyl (C=O) groups excluding carboxylic acids is 1. The highest BCUT2D eigenvalue weighted by atomic mass is 79.9. The van der Waals surface area contributed by atoms with E-state index in [0.29, 0.717) is 23.0 Å². The average Bonchev–Trinajstić information content (AvgIpc) is 3.18. The van der Waals surface area contributed by atoms with Gasteiger partial charge in [-0.15, -0.1) is 0 Å². The van der Waals surface area contributed by atoms with Gasteiger partial charge >= 0.3 is 0 Å². The zero-order valence-corrected chi connectivity index (χ0v) is 18.7. The van der Waals surface area contributed by atoms with Crippen molar-refractivity contribution in [2.24, 2.45) is 0 Å². The number of ether oxygens (including phenoxy) is 1. The number of fused-ring (bicyclic) bond motifs is 1. The lowest BCUT2D eigenvalue weighted by Gasteiger charge is -2.30. The number of rotatable bonds is 4. The summed E-state index contributed by atoms with van der Waals surface area (Å²) in [7, 11) is 1.61. The van der Waals surface area contributed by atoms with Crippen LogP contribution < -0.4 is 15.4 Å². The van der Waals surface area contributed by atoms with Crippen LogP contribution in [0.4, 0.5) is 11.6 Å². The molecule has 3 aromatic rings. The van der Waals surface area contributed by atoms with Gasteiger partial charge in [0.2, 0.25) is 5.95 Å². The maximum atomic E-state index is 13.5. The topological polar surface area (TPSA) is 81.1 Å². The first-order chi connectivity index (χ1) is 14.4. The van der Waals surface area contributed by atoms with Crippen molar-refractivity contribution >= 4 is 33.5 Å². The highest BCUT2D eigenvalue weighted by molar-refractivity contribution is 9.10. The lowest BCUT2D eigenvalue weighted by Crippen LogP contribution is -2.32. The summed E-state index contributed by atoms with van der Waals surface area (Å²) in [5, 5.41) is 10.6. The Hall–Kier alpha value is -3.13. The molecule has 0 saturated heterocycles. The van der Waals surface area contributed by atoms with E-state index in [1.165, 1.54) is 6.33 Å². The number of nitrogens with one attached hydrogen (secondary N) is 2. The number of allylic oxidation sites excluding steroid dienone is 1. The van der Waals surface area contributed by atoms with Crippen molar-refractivity contribution in [3.05, 3.63) is 75.2 Å². The van der Waals surface area contributed by atoms with E-state index in [-0.39, 0.29) is 5.91 Å². The number of methoxy groups -OCH3 is 1. The van der Waals surface area contributed by atoms with Crippen molar-refractivity contribution in [1.82, 2.24) is 14.8 Å². The van der Waals surface area contributed by atoms with Gasteiger partial charge in [0.25, 0.3) is 5.91 Å². The van der Waals surface area contributed by atoms with Gasteiger partial charge in [-0.2, -0.15) is 10.1 Å². The van der Waals surface area contributed by atoms with Crippen LogP contribution in [-0.4, -0.2) is 27.8 Å². The molecule has 0 radical (unpaired) electrons. The van der Waals surface area contributed by atoms with E-state index in [9.17, 15) is 4.79 Å². The lowest BCUT2D eigenvalue weighted by atomic mass is 9.94.